The Morgan fingerprint density at radius 2 is 1.87 bits per heavy atom. The van der Waals surface area contributed by atoms with Gasteiger partial charge < -0.3 is 10.1 Å². The number of aromatic nitrogens is 4. The van der Waals surface area contributed by atoms with Crippen molar-refractivity contribution in [3.8, 4) is 11.4 Å². The van der Waals surface area contributed by atoms with Crippen molar-refractivity contribution < 1.29 is 9.53 Å². The smallest absolute Gasteiger partial charge is 0.220 e. The van der Waals surface area contributed by atoms with E-state index in [-0.39, 0.29) is 12.0 Å². The van der Waals surface area contributed by atoms with Crippen LogP contribution in [0, 0.1) is 0 Å². The predicted molar refractivity (Wildman–Crippen MR) is 117 cm³/mol. The van der Waals surface area contributed by atoms with E-state index in [1.165, 1.54) is 5.56 Å². The fourth-order valence-electron chi connectivity index (χ4n) is 3.63. The van der Waals surface area contributed by atoms with Gasteiger partial charge in [-0.15, -0.1) is 10.2 Å². The van der Waals surface area contributed by atoms with E-state index in [1.54, 1.807) is 4.80 Å². The molecule has 1 unspecified atom stereocenters. The van der Waals surface area contributed by atoms with Crippen LogP contribution in [-0.4, -0.2) is 63.4 Å². The molecule has 0 radical (unpaired) electrons. The van der Waals surface area contributed by atoms with Crippen LogP contribution in [0.5, 0.6) is 0 Å². The van der Waals surface area contributed by atoms with Gasteiger partial charge in [0.15, 0.2) is 0 Å². The lowest BCUT2D eigenvalue weighted by molar-refractivity contribution is -0.122. The molecule has 0 spiro atoms. The highest BCUT2D eigenvalue weighted by Gasteiger charge is 2.21. The number of benzene rings is 2. The van der Waals surface area contributed by atoms with Crippen LogP contribution in [0.2, 0.25) is 0 Å². The first kappa shape index (κ1) is 21.1. The Bertz CT molecular complexity index is 947. The SMILES string of the molecule is O=C(CCCn1nnc(-c2ccccc2)n1)NCC1CN(Cc2ccccc2)CCO1. The van der Waals surface area contributed by atoms with Gasteiger partial charge in [0.2, 0.25) is 11.7 Å². The first-order valence-corrected chi connectivity index (χ1v) is 10.7. The minimum absolute atomic E-state index is 0.0202. The van der Waals surface area contributed by atoms with Gasteiger partial charge in [0.05, 0.1) is 19.3 Å². The fourth-order valence-corrected chi connectivity index (χ4v) is 3.63. The number of nitrogens with one attached hydrogen (secondary N) is 1. The minimum Gasteiger partial charge on any atom is -0.374 e. The van der Waals surface area contributed by atoms with Gasteiger partial charge in [0, 0.05) is 38.2 Å². The number of carbonyl (C=O) groups is 1. The maximum absolute atomic E-state index is 12.2. The maximum Gasteiger partial charge on any atom is 0.220 e. The summed E-state index contributed by atoms with van der Waals surface area (Å²) in [5.41, 5.74) is 2.23. The molecule has 1 fully saturated rings. The zero-order chi connectivity index (χ0) is 21.3. The van der Waals surface area contributed by atoms with Crippen LogP contribution >= 0.6 is 0 Å². The average Bonchev–Trinajstić information content (AvgIpc) is 3.28. The Balaban J connectivity index is 1.15. The number of carbonyl (C=O) groups excluding carboxylic acids is 1. The maximum atomic E-state index is 12.2. The van der Waals surface area contributed by atoms with Gasteiger partial charge in [-0.25, -0.2) is 0 Å². The molecule has 2 heterocycles. The fraction of sp³-hybridized carbons (Fsp3) is 0.391. The molecule has 3 aromatic rings. The van der Waals surface area contributed by atoms with Crippen molar-refractivity contribution in [2.24, 2.45) is 0 Å². The highest BCUT2D eigenvalue weighted by atomic mass is 16.5. The number of tetrazole rings is 1. The van der Waals surface area contributed by atoms with Gasteiger partial charge in [0.25, 0.3) is 0 Å². The first-order valence-electron chi connectivity index (χ1n) is 10.7. The molecule has 4 rings (SSSR count). The van der Waals surface area contributed by atoms with E-state index in [4.69, 9.17) is 4.74 Å². The summed E-state index contributed by atoms with van der Waals surface area (Å²) in [5, 5.41) is 15.5. The highest BCUT2D eigenvalue weighted by Crippen LogP contribution is 2.12. The molecular formula is C23H28N6O2. The van der Waals surface area contributed by atoms with Crippen molar-refractivity contribution in [1.82, 2.24) is 30.4 Å². The quantitative estimate of drug-likeness (QED) is 0.571. The van der Waals surface area contributed by atoms with Crippen LogP contribution in [0.25, 0.3) is 11.4 Å². The number of aryl methyl sites for hydroxylation is 1. The lowest BCUT2D eigenvalue weighted by atomic mass is 10.2. The van der Waals surface area contributed by atoms with E-state index in [1.807, 2.05) is 36.4 Å². The lowest BCUT2D eigenvalue weighted by Gasteiger charge is -2.33. The second-order valence-corrected chi connectivity index (χ2v) is 7.70. The monoisotopic (exact) mass is 420 g/mol. The highest BCUT2D eigenvalue weighted by molar-refractivity contribution is 5.75. The zero-order valence-electron chi connectivity index (χ0n) is 17.6. The van der Waals surface area contributed by atoms with Crippen LogP contribution in [0.15, 0.2) is 60.7 Å². The van der Waals surface area contributed by atoms with Crippen LogP contribution in [-0.2, 0) is 22.6 Å². The minimum atomic E-state index is 0.0202. The molecule has 1 amide bonds. The van der Waals surface area contributed by atoms with Crippen molar-refractivity contribution in [1.29, 1.82) is 0 Å². The molecule has 1 aliphatic rings. The van der Waals surface area contributed by atoms with Gasteiger partial charge in [-0.1, -0.05) is 60.7 Å². The summed E-state index contributed by atoms with van der Waals surface area (Å²) in [7, 11) is 0. The second-order valence-electron chi connectivity index (χ2n) is 7.70. The summed E-state index contributed by atoms with van der Waals surface area (Å²) >= 11 is 0. The molecule has 2 aromatic carbocycles. The number of morpholine rings is 1. The second kappa shape index (κ2) is 10.8. The summed E-state index contributed by atoms with van der Waals surface area (Å²) < 4.78 is 5.83. The molecule has 1 aromatic heterocycles. The Morgan fingerprint density at radius 3 is 2.68 bits per heavy atom. The molecule has 1 atom stereocenters. The standard InChI is InChI=1S/C23H28N6O2/c30-22(12-7-13-29-26-23(25-27-29)20-10-5-2-6-11-20)24-16-21-18-28(14-15-31-21)17-19-8-3-1-4-9-19/h1-6,8-11,21H,7,12-18H2,(H,24,30). The van der Waals surface area contributed by atoms with Crippen molar-refractivity contribution in [3.63, 3.8) is 0 Å². The summed E-state index contributed by atoms with van der Waals surface area (Å²) in [6, 6.07) is 20.2. The summed E-state index contributed by atoms with van der Waals surface area (Å²) in [6.07, 6.45) is 1.09. The van der Waals surface area contributed by atoms with Crippen LogP contribution in [0.4, 0.5) is 0 Å². The molecule has 0 bridgehead atoms. The number of ether oxygens (including phenoxy) is 1. The summed E-state index contributed by atoms with van der Waals surface area (Å²) in [5.74, 6) is 0.617. The van der Waals surface area contributed by atoms with Gasteiger partial charge in [0.1, 0.15) is 0 Å². The Labute approximate surface area is 182 Å². The number of amides is 1. The Morgan fingerprint density at radius 1 is 1.10 bits per heavy atom. The molecule has 0 aliphatic carbocycles. The van der Waals surface area contributed by atoms with E-state index in [2.05, 4.69) is 49.9 Å². The number of nitrogens with zero attached hydrogens (tertiary/aromatic N) is 5. The third-order valence-electron chi connectivity index (χ3n) is 5.25. The largest absolute Gasteiger partial charge is 0.374 e. The van der Waals surface area contributed by atoms with Crippen molar-refractivity contribution in [2.75, 3.05) is 26.2 Å². The van der Waals surface area contributed by atoms with Crippen LogP contribution in [0.3, 0.4) is 0 Å². The third-order valence-corrected chi connectivity index (χ3v) is 5.25. The van der Waals surface area contributed by atoms with E-state index in [0.29, 0.717) is 38.4 Å². The number of rotatable bonds is 9. The molecule has 162 valence electrons. The Hall–Kier alpha value is -3.10. The van der Waals surface area contributed by atoms with Gasteiger partial charge >= 0.3 is 0 Å². The third kappa shape index (κ3) is 6.44. The van der Waals surface area contributed by atoms with Gasteiger partial charge in [-0.05, 0) is 17.2 Å². The molecule has 31 heavy (non-hydrogen) atoms. The normalized spacial score (nSPS) is 16.8. The van der Waals surface area contributed by atoms with Crippen molar-refractivity contribution >= 4 is 5.91 Å². The molecule has 1 aliphatic heterocycles. The summed E-state index contributed by atoms with van der Waals surface area (Å²) in [6.45, 7) is 4.41. The van der Waals surface area contributed by atoms with Crippen molar-refractivity contribution in [3.05, 3.63) is 66.2 Å². The molecule has 8 heteroatoms. The number of hydrogen-bond acceptors (Lipinski definition) is 6. The molecule has 8 nitrogen and oxygen atoms in total. The number of hydrogen-bond donors (Lipinski definition) is 1. The van der Waals surface area contributed by atoms with Crippen LogP contribution in [0.1, 0.15) is 18.4 Å². The Kier molecular flexibility index (Phi) is 7.36. The van der Waals surface area contributed by atoms with E-state index >= 15 is 0 Å². The van der Waals surface area contributed by atoms with E-state index in [0.717, 1.165) is 25.2 Å². The molecular weight excluding hydrogens is 392 g/mol. The first-order chi connectivity index (χ1) is 15.3. The van der Waals surface area contributed by atoms with E-state index in [9.17, 15) is 4.79 Å². The van der Waals surface area contributed by atoms with Crippen LogP contribution < -0.4 is 5.32 Å². The average molecular weight is 421 g/mol. The molecule has 1 saturated heterocycles. The zero-order valence-corrected chi connectivity index (χ0v) is 17.6. The lowest BCUT2D eigenvalue weighted by Crippen LogP contribution is -2.47. The summed E-state index contributed by atoms with van der Waals surface area (Å²) in [4.78, 5) is 16.1. The van der Waals surface area contributed by atoms with E-state index < -0.39 is 0 Å². The predicted octanol–water partition coefficient (Wildman–Crippen LogP) is 2.14. The molecule has 0 saturated carbocycles. The van der Waals surface area contributed by atoms with Crippen molar-refractivity contribution in [2.45, 2.75) is 32.0 Å². The topological polar surface area (TPSA) is 85.2 Å². The van der Waals surface area contributed by atoms with Gasteiger partial charge in [-0.2, -0.15) is 4.80 Å². The van der Waals surface area contributed by atoms with Gasteiger partial charge in [-0.3, -0.25) is 9.69 Å². The molecule has 1 N–H and O–H groups in total.